The standard InChI is InChI=1S/2C17H28O/c2*1-2-3-4-5-10-15-18-16-11-9-14-17-12-7-6-8-13-17/h2*6-8,12-13H,2-5,9-11,14-16H2,1H3. The third kappa shape index (κ3) is 21.6. The molecule has 0 aliphatic rings. The van der Waals surface area contributed by atoms with E-state index in [-0.39, 0.29) is 0 Å². The number of unbranched alkanes of at least 4 members (excludes halogenated alkanes) is 10. The van der Waals surface area contributed by atoms with E-state index in [1.807, 2.05) is 0 Å². The molecule has 0 atom stereocenters. The summed E-state index contributed by atoms with van der Waals surface area (Å²) in [5.74, 6) is 0. The van der Waals surface area contributed by atoms with Crippen molar-refractivity contribution in [1.29, 1.82) is 0 Å². The lowest BCUT2D eigenvalue weighted by Crippen LogP contribution is -1.98. The predicted molar refractivity (Wildman–Crippen MR) is 158 cm³/mol. The first-order valence-corrected chi connectivity index (χ1v) is 15.1. The highest BCUT2D eigenvalue weighted by molar-refractivity contribution is 5.15. The van der Waals surface area contributed by atoms with Gasteiger partial charge in [-0.3, -0.25) is 0 Å². The van der Waals surface area contributed by atoms with Crippen molar-refractivity contribution in [3.63, 3.8) is 0 Å². The predicted octanol–water partition coefficient (Wildman–Crippen LogP) is 9.99. The van der Waals surface area contributed by atoms with Crippen LogP contribution in [0.25, 0.3) is 0 Å². The summed E-state index contributed by atoms with van der Waals surface area (Å²) in [4.78, 5) is 0. The average molecular weight is 497 g/mol. The van der Waals surface area contributed by atoms with Gasteiger partial charge in [0.05, 0.1) is 0 Å². The number of hydrogen-bond acceptors (Lipinski definition) is 2. The van der Waals surface area contributed by atoms with Crippen molar-refractivity contribution in [2.75, 3.05) is 26.4 Å². The topological polar surface area (TPSA) is 18.5 Å². The number of benzene rings is 2. The summed E-state index contributed by atoms with van der Waals surface area (Å²) in [6.45, 7) is 8.28. The van der Waals surface area contributed by atoms with Crippen LogP contribution < -0.4 is 0 Å². The molecular formula is C34H56O2. The van der Waals surface area contributed by atoms with E-state index in [0.29, 0.717) is 0 Å². The van der Waals surface area contributed by atoms with Crippen molar-refractivity contribution in [3.05, 3.63) is 71.8 Å². The Morgan fingerprint density at radius 1 is 0.389 bits per heavy atom. The molecular weight excluding hydrogens is 440 g/mol. The van der Waals surface area contributed by atoms with Gasteiger partial charge in [0.2, 0.25) is 0 Å². The first-order valence-electron chi connectivity index (χ1n) is 15.1. The van der Waals surface area contributed by atoms with E-state index in [4.69, 9.17) is 9.47 Å². The third-order valence-corrected chi connectivity index (χ3v) is 6.48. The Morgan fingerprint density at radius 2 is 0.722 bits per heavy atom. The van der Waals surface area contributed by atoms with E-state index in [1.54, 1.807) is 0 Å². The summed E-state index contributed by atoms with van der Waals surface area (Å²) in [5, 5.41) is 0. The maximum Gasteiger partial charge on any atom is 0.0466 e. The molecule has 0 unspecified atom stereocenters. The van der Waals surface area contributed by atoms with Gasteiger partial charge in [0, 0.05) is 26.4 Å². The summed E-state index contributed by atoms with van der Waals surface area (Å²) in [6.07, 6.45) is 20.5. The quantitative estimate of drug-likeness (QED) is 0.151. The minimum atomic E-state index is 0.931. The van der Waals surface area contributed by atoms with Gasteiger partial charge in [-0.25, -0.2) is 0 Å². The van der Waals surface area contributed by atoms with E-state index in [2.05, 4.69) is 74.5 Å². The zero-order valence-electron chi connectivity index (χ0n) is 23.7. The van der Waals surface area contributed by atoms with Gasteiger partial charge >= 0.3 is 0 Å². The van der Waals surface area contributed by atoms with Gasteiger partial charge in [0.15, 0.2) is 0 Å². The summed E-state index contributed by atoms with van der Waals surface area (Å²) in [7, 11) is 0. The summed E-state index contributed by atoms with van der Waals surface area (Å²) < 4.78 is 11.3. The molecule has 0 spiro atoms. The second kappa shape index (κ2) is 26.4. The second-order valence-corrected chi connectivity index (χ2v) is 9.94. The largest absolute Gasteiger partial charge is 0.381 e. The Labute approximate surface area is 224 Å². The molecule has 0 saturated heterocycles. The van der Waals surface area contributed by atoms with Crippen molar-refractivity contribution >= 4 is 0 Å². The SMILES string of the molecule is CCCCCCCOCCCCc1ccccc1.CCCCCCCOCCCCc1ccccc1. The number of hydrogen-bond donors (Lipinski definition) is 0. The lowest BCUT2D eigenvalue weighted by atomic mass is 10.1. The van der Waals surface area contributed by atoms with Crippen molar-refractivity contribution in [1.82, 2.24) is 0 Å². The molecule has 0 aromatic heterocycles. The molecule has 0 heterocycles. The minimum Gasteiger partial charge on any atom is -0.381 e. The van der Waals surface area contributed by atoms with E-state index in [0.717, 1.165) is 26.4 Å². The lowest BCUT2D eigenvalue weighted by molar-refractivity contribution is 0.126. The maximum absolute atomic E-state index is 5.65. The molecule has 0 amide bonds. The fraction of sp³-hybridized carbons (Fsp3) is 0.647. The van der Waals surface area contributed by atoms with Crippen LogP contribution in [0.4, 0.5) is 0 Å². The molecule has 0 radical (unpaired) electrons. The summed E-state index contributed by atoms with van der Waals surface area (Å²) in [6, 6.07) is 21.4. The molecule has 2 nitrogen and oxygen atoms in total. The second-order valence-electron chi connectivity index (χ2n) is 9.94. The fourth-order valence-electron chi connectivity index (χ4n) is 4.18. The Morgan fingerprint density at radius 3 is 1.08 bits per heavy atom. The number of rotatable bonds is 22. The van der Waals surface area contributed by atoms with E-state index in [1.165, 1.54) is 114 Å². The zero-order chi connectivity index (χ0) is 25.8. The Bertz CT molecular complexity index is 596. The zero-order valence-corrected chi connectivity index (χ0v) is 23.7. The molecule has 0 aliphatic heterocycles. The van der Waals surface area contributed by atoms with Crippen LogP contribution in [0.5, 0.6) is 0 Å². The maximum atomic E-state index is 5.65. The van der Waals surface area contributed by atoms with Crippen LogP contribution in [0.2, 0.25) is 0 Å². The van der Waals surface area contributed by atoms with Gasteiger partial charge in [-0.15, -0.1) is 0 Å². The van der Waals surface area contributed by atoms with Gasteiger partial charge in [0.25, 0.3) is 0 Å². The molecule has 204 valence electrons. The molecule has 0 bridgehead atoms. The van der Waals surface area contributed by atoms with Crippen LogP contribution in [-0.4, -0.2) is 26.4 Å². The minimum absolute atomic E-state index is 0.931. The van der Waals surface area contributed by atoms with Crippen LogP contribution in [0.15, 0.2) is 60.7 Å². The van der Waals surface area contributed by atoms with E-state index >= 15 is 0 Å². The van der Waals surface area contributed by atoms with Crippen LogP contribution in [-0.2, 0) is 22.3 Å². The van der Waals surface area contributed by atoms with Gasteiger partial charge in [-0.2, -0.15) is 0 Å². The van der Waals surface area contributed by atoms with Gasteiger partial charge in [0.1, 0.15) is 0 Å². The van der Waals surface area contributed by atoms with Gasteiger partial charge < -0.3 is 9.47 Å². The normalized spacial score (nSPS) is 10.7. The van der Waals surface area contributed by atoms with Crippen molar-refractivity contribution in [2.45, 2.75) is 117 Å². The Kier molecular flexibility index (Phi) is 23.8. The average Bonchev–Trinajstić information content (AvgIpc) is 2.92. The molecule has 36 heavy (non-hydrogen) atoms. The molecule has 2 aromatic rings. The van der Waals surface area contributed by atoms with Crippen LogP contribution in [0.1, 0.15) is 115 Å². The highest BCUT2D eigenvalue weighted by Crippen LogP contribution is 2.07. The first-order chi connectivity index (χ1) is 17.9. The number of ether oxygens (including phenoxy) is 2. The van der Waals surface area contributed by atoms with Gasteiger partial charge in [-0.05, 0) is 62.5 Å². The molecule has 0 fully saturated rings. The van der Waals surface area contributed by atoms with Crippen molar-refractivity contribution in [3.8, 4) is 0 Å². The Hall–Kier alpha value is -1.64. The molecule has 2 heteroatoms. The summed E-state index contributed by atoms with van der Waals surface area (Å²) >= 11 is 0. The molecule has 0 N–H and O–H groups in total. The number of aryl methyl sites for hydroxylation is 2. The molecule has 2 rings (SSSR count). The van der Waals surface area contributed by atoms with Crippen LogP contribution in [0, 0.1) is 0 Å². The van der Waals surface area contributed by atoms with Crippen molar-refractivity contribution in [2.24, 2.45) is 0 Å². The van der Waals surface area contributed by atoms with Gasteiger partial charge in [-0.1, -0.05) is 126 Å². The summed E-state index contributed by atoms with van der Waals surface area (Å²) in [5.41, 5.74) is 2.88. The van der Waals surface area contributed by atoms with E-state index in [9.17, 15) is 0 Å². The Balaban J connectivity index is 0.000000360. The molecule has 2 aromatic carbocycles. The first kappa shape index (κ1) is 32.4. The third-order valence-electron chi connectivity index (χ3n) is 6.48. The van der Waals surface area contributed by atoms with E-state index < -0.39 is 0 Å². The van der Waals surface area contributed by atoms with Crippen LogP contribution >= 0.6 is 0 Å². The molecule has 0 saturated carbocycles. The van der Waals surface area contributed by atoms with Crippen LogP contribution in [0.3, 0.4) is 0 Å². The monoisotopic (exact) mass is 496 g/mol. The fourth-order valence-corrected chi connectivity index (χ4v) is 4.18. The highest BCUT2D eigenvalue weighted by Gasteiger charge is 1.95. The highest BCUT2D eigenvalue weighted by atomic mass is 16.5. The van der Waals surface area contributed by atoms with Crippen molar-refractivity contribution < 1.29 is 9.47 Å². The lowest BCUT2D eigenvalue weighted by Gasteiger charge is -2.04. The molecule has 0 aliphatic carbocycles. The smallest absolute Gasteiger partial charge is 0.0466 e.